The molecule has 0 amide bonds. The highest BCUT2D eigenvalue weighted by Gasteiger charge is 2.06. The molecule has 0 atom stereocenters. The van der Waals surface area contributed by atoms with Crippen LogP contribution in [0.15, 0.2) is 29.3 Å². The van der Waals surface area contributed by atoms with Gasteiger partial charge in [0.05, 0.1) is 0 Å². The average molecular weight is 202 g/mol. The third-order valence-electron chi connectivity index (χ3n) is 2.43. The maximum Gasteiger partial charge on any atom is 0.159 e. The number of carbonyl (C=O) groups is 1. The van der Waals surface area contributed by atoms with Crippen molar-refractivity contribution in [3.63, 3.8) is 0 Å². The van der Waals surface area contributed by atoms with Gasteiger partial charge in [0.25, 0.3) is 0 Å². The van der Waals surface area contributed by atoms with Crippen LogP contribution in [0.4, 0.5) is 5.69 Å². The molecule has 0 unspecified atom stereocenters. The molecule has 78 valence electrons. The van der Waals surface area contributed by atoms with Crippen molar-refractivity contribution in [2.24, 2.45) is 4.99 Å². The number of ketones is 1. The van der Waals surface area contributed by atoms with Crippen LogP contribution in [0, 0.1) is 0 Å². The number of benzene rings is 1. The van der Waals surface area contributed by atoms with E-state index in [0.29, 0.717) is 0 Å². The van der Waals surface area contributed by atoms with E-state index in [1.54, 1.807) is 6.92 Å². The highest BCUT2D eigenvalue weighted by Crippen LogP contribution is 2.13. The first-order valence-electron chi connectivity index (χ1n) is 5.17. The SMILES string of the molecule is CC(=O)c1cccc(NC2=NCCC2)c1. The van der Waals surface area contributed by atoms with E-state index in [0.717, 1.165) is 36.5 Å². The number of hydrogen-bond acceptors (Lipinski definition) is 3. The van der Waals surface area contributed by atoms with Crippen LogP contribution in [0.5, 0.6) is 0 Å². The average Bonchev–Trinajstić information content (AvgIpc) is 2.71. The highest BCUT2D eigenvalue weighted by atomic mass is 16.1. The summed E-state index contributed by atoms with van der Waals surface area (Å²) in [6.07, 6.45) is 2.12. The fourth-order valence-electron chi connectivity index (χ4n) is 1.62. The molecular formula is C12H14N2O. The third-order valence-corrected chi connectivity index (χ3v) is 2.43. The van der Waals surface area contributed by atoms with Gasteiger partial charge in [-0.2, -0.15) is 0 Å². The maximum atomic E-state index is 11.2. The summed E-state index contributed by atoms with van der Waals surface area (Å²) in [5.74, 6) is 1.11. The normalized spacial score (nSPS) is 14.9. The molecule has 1 aliphatic heterocycles. The number of Topliss-reactive ketones (excluding diaryl/α,β-unsaturated/α-hetero) is 1. The van der Waals surface area contributed by atoms with Gasteiger partial charge in [0.2, 0.25) is 0 Å². The van der Waals surface area contributed by atoms with Crippen LogP contribution in [0.2, 0.25) is 0 Å². The van der Waals surface area contributed by atoms with Crippen LogP contribution in [-0.4, -0.2) is 18.2 Å². The fraction of sp³-hybridized carbons (Fsp3) is 0.333. The lowest BCUT2D eigenvalue weighted by Gasteiger charge is -2.06. The first kappa shape index (κ1) is 9.90. The highest BCUT2D eigenvalue weighted by molar-refractivity contribution is 5.99. The Balaban J connectivity index is 2.14. The predicted octanol–water partition coefficient (Wildman–Crippen LogP) is 2.49. The van der Waals surface area contributed by atoms with Crippen LogP contribution in [0.25, 0.3) is 0 Å². The van der Waals surface area contributed by atoms with Crippen molar-refractivity contribution in [3.05, 3.63) is 29.8 Å². The van der Waals surface area contributed by atoms with Crippen molar-refractivity contribution in [3.8, 4) is 0 Å². The fourth-order valence-corrected chi connectivity index (χ4v) is 1.62. The molecule has 3 heteroatoms. The summed E-state index contributed by atoms with van der Waals surface area (Å²) in [6.45, 7) is 2.49. The topological polar surface area (TPSA) is 41.5 Å². The Hall–Kier alpha value is -1.64. The van der Waals surface area contributed by atoms with Gasteiger partial charge >= 0.3 is 0 Å². The number of hydrogen-bond donors (Lipinski definition) is 1. The van der Waals surface area contributed by atoms with E-state index < -0.39 is 0 Å². The van der Waals surface area contributed by atoms with Gasteiger partial charge < -0.3 is 5.32 Å². The lowest BCUT2D eigenvalue weighted by atomic mass is 10.1. The van der Waals surface area contributed by atoms with Gasteiger partial charge in [0.1, 0.15) is 5.84 Å². The standard InChI is InChI=1S/C12H14N2O/c1-9(15)10-4-2-5-11(8-10)14-12-6-3-7-13-12/h2,4-5,8H,3,6-7H2,1H3,(H,13,14). The molecule has 1 aromatic rings. The van der Waals surface area contributed by atoms with E-state index in [9.17, 15) is 4.79 Å². The molecule has 0 aliphatic carbocycles. The largest absolute Gasteiger partial charge is 0.344 e. The molecule has 0 bridgehead atoms. The molecule has 15 heavy (non-hydrogen) atoms. The minimum Gasteiger partial charge on any atom is -0.344 e. The van der Waals surface area contributed by atoms with Crippen molar-refractivity contribution in [2.45, 2.75) is 19.8 Å². The van der Waals surface area contributed by atoms with Crippen molar-refractivity contribution >= 4 is 17.3 Å². The summed E-state index contributed by atoms with van der Waals surface area (Å²) in [6, 6.07) is 7.52. The van der Waals surface area contributed by atoms with Gasteiger partial charge in [0.15, 0.2) is 5.78 Å². The van der Waals surface area contributed by atoms with Crippen molar-refractivity contribution in [1.29, 1.82) is 0 Å². The van der Waals surface area contributed by atoms with Crippen LogP contribution in [0.3, 0.4) is 0 Å². The first-order valence-corrected chi connectivity index (χ1v) is 5.17. The number of nitrogens with zero attached hydrogens (tertiary/aromatic N) is 1. The van der Waals surface area contributed by atoms with Gasteiger partial charge in [-0.3, -0.25) is 9.79 Å². The van der Waals surface area contributed by atoms with Crippen LogP contribution < -0.4 is 5.32 Å². The molecule has 3 nitrogen and oxygen atoms in total. The van der Waals surface area contributed by atoms with E-state index in [1.807, 2.05) is 24.3 Å². The molecule has 0 saturated heterocycles. The van der Waals surface area contributed by atoms with E-state index in [2.05, 4.69) is 10.3 Å². The van der Waals surface area contributed by atoms with Crippen molar-refractivity contribution < 1.29 is 4.79 Å². The minimum absolute atomic E-state index is 0.0898. The molecule has 0 radical (unpaired) electrons. The van der Waals surface area contributed by atoms with E-state index in [-0.39, 0.29) is 5.78 Å². The number of anilines is 1. The monoisotopic (exact) mass is 202 g/mol. The molecule has 1 aliphatic rings. The van der Waals surface area contributed by atoms with Crippen molar-refractivity contribution in [2.75, 3.05) is 11.9 Å². The van der Waals surface area contributed by atoms with E-state index in [4.69, 9.17) is 0 Å². The maximum absolute atomic E-state index is 11.2. The third kappa shape index (κ3) is 2.43. The number of amidine groups is 1. The smallest absolute Gasteiger partial charge is 0.159 e. The summed E-state index contributed by atoms with van der Waals surface area (Å²) in [5.41, 5.74) is 1.68. The Kier molecular flexibility index (Phi) is 2.81. The molecule has 1 aromatic carbocycles. The second-order valence-electron chi connectivity index (χ2n) is 3.69. The van der Waals surface area contributed by atoms with Gasteiger partial charge in [-0.05, 0) is 25.5 Å². The Morgan fingerprint density at radius 3 is 3.00 bits per heavy atom. The Labute approximate surface area is 89.2 Å². The number of rotatable bonds is 2. The molecule has 1 N–H and O–H groups in total. The predicted molar refractivity (Wildman–Crippen MR) is 61.6 cm³/mol. The van der Waals surface area contributed by atoms with Gasteiger partial charge in [-0.25, -0.2) is 0 Å². The second-order valence-corrected chi connectivity index (χ2v) is 3.69. The van der Waals surface area contributed by atoms with Gasteiger partial charge in [0, 0.05) is 24.2 Å². The first-order chi connectivity index (χ1) is 7.25. The Morgan fingerprint density at radius 1 is 1.47 bits per heavy atom. The zero-order valence-electron chi connectivity index (χ0n) is 8.79. The van der Waals surface area contributed by atoms with E-state index >= 15 is 0 Å². The lowest BCUT2D eigenvalue weighted by Crippen LogP contribution is -2.08. The Bertz CT molecular complexity index is 410. The summed E-state index contributed by atoms with van der Waals surface area (Å²) >= 11 is 0. The molecule has 2 rings (SSSR count). The lowest BCUT2D eigenvalue weighted by molar-refractivity contribution is 0.101. The number of nitrogens with one attached hydrogen (secondary N) is 1. The summed E-state index contributed by atoms with van der Waals surface area (Å²) in [4.78, 5) is 15.5. The van der Waals surface area contributed by atoms with Gasteiger partial charge in [-0.1, -0.05) is 12.1 Å². The molecule has 0 spiro atoms. The molecular weight excluding hydrogens is 188 g/mol. The molecule has 1 heterocycles. The molecule has 0 saturated carbocycles. The molecule has 0 aromatic heterocycles. The molecule has 0 fully saturated rings. The quantitative estimate of drug-likeness (QED) is 0.748. The minimum atomic E-state index is 0.0898. The van der Waals surface area contributed by atoms with E-state index in [1.165, 1.54) is 0 Å². The zero-order chi connectivity index (χ0) is 10.7. The number of aliphatic imine (C=N–C) groups is 1. The van der Waals surface area contributed by atoms with Crippen LogP contribution in [0.1, 0.15) is 30.1 Å². The Morgan fingerprint density at radius 2 is 2.33 bits per heavy atom. The van der Waals surface area contributed by atoms with Crippen LogP contribution >= 0.6 is 0 Å². The number of carbonyl (C=O) groups excluding carboxylic acids is 1. The van der Waals surface area contributed by atoms with Crippen molar-refractivity contribution in [1.82, 2.24) is 0 Å². The van der Waals surface area contributed by atoms with Crippen LogP contribution in [-0.2, 0) is 0 Å². The summed E-state index contributed by atoms with van der Waals surface area (Å²) in [7, 11) is 0. The van der Waals surface area contributed by atoms with Gasteiger partial charge in [-0.15, -0.1) is 0 Å². The summed E-state index contributed by atoms with van der Waals surface area (Å²) in [5, 5.41) is 3.23. The second kappa shape index (κ2) is 4.26. The summed E-state index contributed by atoms with van der Waals surface area (Å²) < 4.78 is 0. The zero-order valence-corrected chi connectivity index (χ0v) is 8.79.